The first-order chi connectivity index (χ1) is 11.8. The average Bonchev–Trinajstić information content (AvgIpc) is 2.99. The van der Waals surface area contributed by atoms with Gasteiger partial charge in [-0.25, -0.2) is 9.97 Å². The average molecular weight is 356 g/mol. The fourth-order valence-electron chi connectivity index (χ4n) is 6.18. The van der Waals surface area contributed by atoms with E-state index in [0.717, 1.165) is 12.5 Å². The van der Waals surface area contributed by atoms with E-state index < -0.39 is 0 Å². The van der Waals surface area contributed by atoms with Gasteiger partial charge in [0.2, 0.25) is 0 Å². The molecule has 2 fully saturated rings. The van der Waals surface area contributed by atoms with Crippen molar-refractivity contribution in [3.05, 3.63) is 16.8 Å². The van der Waals surface area contributed by atoms with Crippen molar-refractivity contribution in [1.29, 1.82) is 0 Å². The molecule has 2 bridgehead atoms. The van der Waals surface area contributed by atoms with Crippen LogP contribution < -0.4 is 4.90 Å². The van der Waals surface area contributed by atoms with Gasteiger partial charge in [0.1, 0.15) is 17.0 Å². The van der Waals surface area contributed by atoms with Crippen molar-refractivity contribution < 1.29 is 0 Å². The maximum Gasteiger partial charge on any atom is 0.141 e. The van der Waals surface area contributed by atoms with Gasteiger partial charge >= 0.3 is 0 Å². The lowest BCUT2D eigenvalue weighted by atomic mass is 9.65. The highest BCUT2D eigenvalue weighted by Crippen LogP contribution is 2.54. The van der Waals surface area contributed by atoms with Crippen molar-refractivity contribution >= 4 is 27.4 Å². The Morgan fingerprint density at radius 1 is 1.20 bits per heavy atom. The molecule has 0 amide bonds. The second-order valence-corrected chi connectivity index (χ2v) is 11.2. The highest BCUT2D eigenvalue weighted by Gasteiger charge is 2.50. The van der Waals surface area contributed by atoms with Crippen LogP contribution in [0, 0.1) is 16.7 Å². The number of anilines is 1. The number of aryl methyl sites for hydroxylation is 1. The number of hydrogen-bond donors (Lipinski definition) is 0. The van der Waals surface area contributed by atoms with Crippen LogP contribution in [0.3, 0.4) is 0 Å². The summed E-state index contributed by atoms with van der Waals surface area (Å²) in [6.07, 6.45) is 9.49. The summed E-state index contributed by atoms with van der Waals surface area (Å²) in [5, 5.41) is 1.39. The van der Waals surface area contributed by atoms with Gasteiger partial charge in [-0.15, -0.1) is 11.3 Å². The molecule has 2 aromatic rings. The molecule has 2 aromatic heterocycles. The zero-order valence-electron chi connectivity index (χ0n) is 15.9. The van der Waals surface area contributed by atoms with Crippen LogP contribution in [0.4, 0.5) is 5.82 Å². The van der Waals surface area contributed by atoms with E-state index in [0.29, 0.717) is 16.9 Å². The maximum atomic E-state index is 4.85. The lowest BCUT2D eigenvalue weighted by Crippen LogP contribution is -2.35. The van der Waals surface area contributed by atoms with Crippen LogP contribution in [-0.4, -0.2) is 22.6 Å². The van der Waals surface area contributed by atoms with Gasteiger partial charge in [0.25, 0.3) is 0 Å². The molecule has 1 saturated carbocycles. The molecule has 3 atom stereocenters. The summed E-state index contributed by atoms with van der Waals surface area (Å²) in [4.78, 5) is 15.0. The number of rotatable bonds is 1. The van der Waals surface area contributed by atoms with Gasteiger partial charge in [-0.1, -0.05) is 27.7 Å². The van der Waals surface area contributed by atoms with Crippen LogP contribution in [0.15, 0.2) is 6.33 Å². The molecule has 0 aromatic carbocycles. The molecule has 2 aliphatic carbocycles. The molecule has 3 heterocycles. The first kappa shape index (κ1) is 16.0. The third-order valence-electron chi connectivity index (χ3n) is 6.76. The molecule has 134 valence electrons. The predicted octanol–water partition coefficient (Wildman–Crippen LogP) is 5.22. The second-order valence-electron chi connectivity index (χ2n) is 10.1. The zero-order valence-corrected chi connectivity index (χ0v) is 16.7. The molecule has 3 nitrogen and oxygen atoms in total. The normalized spacial score (nSPS) is 33.7. The molecular weight excluding hydrogens is 326 g/mol. The van der Waals surface area contributed by atoms with Crippen LogP contribution in [0.1, 0.15) is 63.8 Å². The molecule has 0 unspecified atom stereocenters. The molecule has 0 spiro atoms. The third kappa shape index (κ3) is 2.51. The Balaban J connectivity index is 1.62. The molecule has 4 heteroatoms. The SMILES string of the molecule is C[C@@H]1CCc2c(sc3ncnc(N4C[C@@]5(C)C[C@H]4CC(C)(C)C5)c23)C1. The Morgan fingerprint density at radius 2 is 2.04 bits per heavy atom. The van der Waals surface area contributed by atoms with Crippen LogP contribution in [0.25, 0.3) is 10.2 Å². The quantitative estimate of drug-likeness (QED) is 0.702. The van der Waals surface area contributed by atoms with Crippen LogP contribution in [0.2, 0.25) is 0 Å². The fourth-order valence-corrected chi connectivity index (χ4v) is 7.53. The highest BCUT2D eigenvalue weighted by molar-refractivity contribution is 7.19. The summed E-state index contributed by atoms with van der Waals surface area (Å²) in [6, 6.07) is 0.643. The molecule has 3 aliphatic rings. The van der Waals surface area contributed by atoms with Gasteiger partial charge in [0.15, 0.2) is 0 Å². The largest absolute Gasteiger partial charge is 0.352 e. The summed E-state index contributed by atoms with van der Waals surface area (Å²) in [5.74, 6) is 2.05. The van der Waals surface area contributed by atoms with Gasteiger partial charge in [0.05, 0.1) is 5.39 Å². The molecule has 5 rings (SSSR count). The van der Waals surface area contributed by atoms with Crippen molar-refractivity contribution in [2.75, 3.05) is 11.4 Å². The predicted molar refractivity (Wildman–Crippen MR) is 105 cm³/mol. The smallest absolute Gasteiger partial charge is 0.141 e. The van der Waals surface area contributed by atoms with Gasteiger partial charge in [-0.2, -0.15) is 0 Å². The fraction of sp³-hybridized carbons (Fsp3) is 0.714. The van der Waals surface area contributed by atoms with E-state index in [2.05, 4.69) is 37.6 Å². The van der Waals surface area contributed by atoms with Crippen molar-refractivity contribution in [3.63, 3.8) is 0 Å². The minimum absolute atomic E-state index is 0.439. The first-order valence-corrected chi connectivity index (χ1v) is 10.7. The second kappa shape index (κ2) is 5.18. The summed E-state index contributed by atoms with van der Waals surface area (Å²) in [7, 11) is 0. The number of fused-ring (bicyclic) bond motifs is 5. The van der Waals surface area contributed by atoms with Crippen molar-refractivity contribution in [2.24, 2.45) is 16.7 Å². The van der Waals surface area contributed by atoms with Gasteiger partial charge in [0, 0.05) is 17.5 Å². The van der Waals surface area contributed by atoms with E-state index in [1.807, 2.05) is 11.3 Å². The molecule has 0 radical (unpaired) electrons. The van der Waals surface area contributed by atoms with E-state index >= 15 is 0 Å². The molecule has 0 N–H and O–H groups in total. The summed E-state index contributed by atoms with van der Waals surface area (Å²) in [5.41, 5.74) is 2.45. The zero-order chi connectivity index (χ0) is 17.4. The lowest BCUT2D eigenvalue weighted by molar-refractivity contribution is 0.136. The number of aromatic nitrogens is 2. The molecule has 1 saturated heterocycles. The monoisotopic (exact) mass is 355 g/mol. The third-order valence-corrected chi connectivity index (χ3v) is 7.92. The number of nitrogens with zero attached hydrogens (tertiary/aromatic N) is 3. The highest BCUT2D eigenvalue weighted by atomic mass is 32.1. The Hall–Kier alpha value is -1.16. The molecule has 25 heavy (non-hydrogen) atoms. The van der Waals surface area contributed by atoms with Crippen LogP contribution >= 0.6 is 11.3 Å². The molecular formula is C21H29N3S. The van der Waals surface area contributed by atoms with Crippen molar-refractivity contribution in [1.82, 2.24) is 9.97 Å². The van der Waals surface area contributed by atoms with Gasteiger partial charge < -0.3 is 4.90 Å². The summed E-state index contributed by atoms with van der Waals surface area (Å²) >= 11 is 1.92. The topological polar surface area (TPSA) is 29.0 Å². The van der Waals surface area contributed by atoms with E-state index in [1.165, 1.54) is 54.6 Å². The van der Waals surface area contributed by atoms with Crippen LogP contribution in [-0.2, 0) is 12.8 Å². The minimum atomic E-state index is 0.439. The standard InChI is InChI=1S/C21H29N3S/c1-13-5-6-15-16(7-13)25-19-17(15)18(22-12-23-19)24-11-21(4)9-14(24)8-20(2,3)10-21/h12-14H,5-11H2,1-4H3/t13-,14-,21+/m1/s1. The Labute approximate surface area is 154 Å². The van der Waals surface area contributed by atoms with Gasteiger partial charge in [-0.3, -0.25) is 0 Å². The lowest BCUT2D eigenvalue weighted by Gasteiger charge is -2.39. The van der Waals surface area contributed by atoms with Crippen molar-refractivity contribution in [2.45, 2.75) is 72.3 Å². The van der Waals surface area contributed by atoms with E-state index in [9.17, 15) is 0 Å². The Bertz CT molecular complexity index is 839. The van der Waals surface area contributed by atoms with Crippen molar-refractivity contribution in [3.8, 4) is 0 Å². The summed E-state index contributed by atoms with van der Waals surface area (Å²) in [6.45, 7) is 10.9. The number of thiophene rings is 1. The minimum Gasteiger partial charge on any atom is -0.352 e. The summed E-state index contributed by atoms with van der Waals surface area (Å²) < 4.78 is 0. The Morgan fingerprint density at radius 3 is 2.88 bits per heavy atom. The Kier molecular flexibility index (Phi) is 3.33. The molecule has 1 aliphatic heterocycles. The van der Waals surface area contributed by atoms with E-state index in [1.54, 1.807) is 16.8 Å². The first-order valence-electron chi connectivity index (χ1n) is 9.86. The van der Waals surface area contributed by atoms with Crippen LogP contribution in [0.5, 0.6) is 0 Å². The maximum absolute atomic E-state index is 4.85. The van der Waals surface area contributed by atoms with Gasteiger partial charge in [-0.05, 0) is 60.8 Å². The van der Waals surface area contributed by atoms with E-state index in [4.69, 9.17) is 4.98 Å². The number of hydrogen-bond acceptors (Lipinski definition) is 4. The van der Waals surface area contributed by atoms with E-state index in [-0.39, 0.29) is 0 Å².